The monoisotopic (exact) mass is 273 g/mol. The summed E-state index contributed by atoms with van der Waals surface area (Å²) < 4.78 is 7.09. The molecule has 0 amide bonds. The standard InChI is InChI=1S/C16H23N3O/c1-16(2,3)15-18-13(14(17)19(15)4)12-8-6-11(7-9-12)10-20-5/h6-9H,10,17H2,1-5H3. The van der Waals surface area contributed by atoms with Crippen LogP contribution in [-0.4, -0.2) is 16.7 Å². The Morgan fingerprint density at radius 3 is 2.25 bits per heavy atom. The number of nitrogens with zero attached hydrogens (tertiary/aromatic N) is 2. The average molecular weight is 273 g/mol. The van der Waals surface area contributed by atoms with E-state index < -0.39 is 0 Å². The Labute approximate surface area is 120 Å². The number of imidazole rings is 1. The molecule has 4 nitrogen and oxygen atoms in total. The highest BCUT2D eigenvalue weighted by Crippen LogP contribution is 2.31. The minimum atomic E-state index is -0.0306. The number of nitrogens with two attached hydrogens (primary N) is 1. The molecule has 0 saturated carbocycles. The lowest BCUT2D eigenvalue weighted by molar-refractivity contribution is 0.185. The van der Waals surface area contributed by atoms with Gasteiger partial charge in [-0.1, -0.05) is 45.0 Å². The van der Waals surface area contributed by atoms with E-state index in [-0.39, 0.29) is 5.41 Å². The smallest absolute Gasteiger partial charge is 0.131 e. The maximum Gasteiger partial charge on any atom is 0.131 e. The van der Waals surface area contributed by atoms with Gasteiger partial charge in [0.1, 0.15) is 17.3 Å². The molecule has 0 saturated heterocycles. The summed E-state index contributed by atoms with van der Waals surface area (Å²) in [6.07, 6.45) is 0. The summed E-state index contributed by atoms with van der Waals surface area (Å²) in [6, 6.07) is 8.17. The third-order valence-electron chi connectivity index (χ3n) is 3.35. The van der Waals surface area contributed by atoms with Crippen LogP contribution in [0.3, 0.4) is 0 Å². The van der Waals surface area contributed by atoms with Crippen LogP contribution < -0.4 is 5.73 Å². The van der Waals surface area contributed by atoms with Crippen LogP contribution in [0, 0.1) is 0 Å². The van der Waals surface area contributed by atoms with Gasteiger partial charge in [-0.05, 0) is 5.56 Å². The van der Waals surface area contributed by atoms with Crippen LogP contribution in [0.25, 0.3) is 11.3 Å². The van der Waals surface area contributed by atoms with Crippen LogP contribution in [0.5, 0.6) is 0 Å². The van der Waals surface area contributed by atoms with E-state index in [0.717, 1.165) is 22.6 Å². The molecule has 1 aromatic carbocycles. The molecule has 2 rings (SSSR count). The summed E-state index contributed by atoms with van der Waals surface area (Å²) in [5.41, 5.74) is 9.20. The van der Waals surface area contributed by atoms with Crippen LogP contribution in [0.4, 0.5) is 5.82 Å². The summed E-state index contributed by atoms with van der Waals surface area (Å²) in [4.78, 5) is 4.73. The Bertz CT molecular complexity index is 591. The third kappa shape index (κ3) is 2.70. The quantitative estimate of drug-likeness (QED) is 0.934. The minimum absolute atomic E-state index is 0.0306. The summed E-state index contributed by atoms with van der Waals surface area (Å²) in [7, 11) is 3.66. The van der Waals surface area contributed by atoms with E-state index in [9.17, 15) is 0 Å². The Balaban J connectivity index is 2.43. The molecular formula is C16H23N3O. The summed E-state index contributed by atoms with van der Waals surface area (Å²) in [5.74, 6) is 1.69. The van der Waals surface area contributed by atoms with Crippen LogP contribution in [0.15, 0.2) is 24.3 Å². The predicted octanol–water partition coefficient (Wildman–Crippen LogP) is 3.11. The van der Waals surface area contributed by atoms with Crippen molar-refractivity contribution in [3.63, 3.8) is 0 Å². The average Bonchev–Trinajstić information content (AvgIpc) is 2.68. The fourth-order valence-electron chi connectivity index (χ4n) is 2.32. The van der Waals surface area contributed by atoms with Gasteiger partial charge in [0.15, 0.2) is 0 Å². The molecule has 0 aliphatic carbocycles. The SMILES string of the molecule is COCc1ccc(-c2nc(C(C)(C)C)n(C)c2N)cc1. The lowest BCUT2D eigenvalue weighted by Crippen LogP contribution is -2.17. The Kier molecular flexibility index (Phi) is 3.86. The van der Waals surface area contributed by atoms with E-state index >= 15 is 0 Å². The van der Waals surface area contributed by atoms with Crippen molar-refractivity contribution in [2.45, 2.75) is 32.8 Å². The van der Waals surface area contributed by atoms with Crippen LogP contribution in [0.1, 0.15) is 32.2 Å². The Hall–Kier alpha value is -1.81. The highest BCUT2D eigenvalue weighted by Gasteiger charge is 2.23. The van der Waals surface area contributed by atoms with Crippen molar-refractivity contribution < 1.29 is 4.74 Å². The highest BCUT2D eigenvalue weighted by atomic mass is 16.5. The molecule has 20 heavy (non-hydrogen) atoms. The maximum atomic E-state index is 6.20. The predicted molar refractivity (Wildman–Crippen MR) is 82.5 cm³/mol. The molecule has 1 aromatic heterocycles. The van der Waals surface area contributed by atoms with Gasteiger partial charge in [-0.15, -0.1) is 0 Å². The molecule has 0 unspecified atom stereocenters. The van der Waals surface area contributed by atoms with E-state index in [2.05, 4.69) is 20.8 Å². The van der Waals surface area contributed by atoms with Gasteiger partial charge in [0.2, 0.25) is 0 Å². The highest BCUT2D eigenvalue weighted by molar-refractivity contribution is 5.71. The molecule has 108 valence electrons. The van der Waals surface area contributed by atoms with Gasteiger partial charge in [0.05, 0.1) is 6.61 Å². The normalized spacial score (nSPS) is 11.8. The van der Waals surface area contributed by atoms with Gasteiger partial charge in [-0.2, -0.15) is 0 Å². The second-order valence-corrected chi connectivity index (χ2v) is 6.11. The Morgan fingerprint density at radius 1 is 1.20 bits per heavy atom. The van der Waals surface area contributed by atoms with Crippen molar-refractivity contribution in [1.82, 2.24) is 9.55 Å². The topological polar surface area (TPSA) is 53.1 Å². The molecule has 0 fully saturated rings. The first-order chi connectivity index (χ1) is 9.34. The molecule has 2 N–H and O–H groups in total. The largest absolute Gasteiger partial charge is 0.383 e. The van der Waals surface area contributed by atoms with Crippen molar-refractivity contribution in [3.8, 4) is 11.3 Å². The fraction of sp³-hybridized carbons (Fsp3) is 0.438. The molecule has 2 aromatic rings. The van der Waals surface area contributed by atoms with E-state index in [1.807, 2.05) is 35.9 Å². The number of methoxy groups -OCH3 is 1. The van der Waals surface area contributed by atoms with Gasteiger partial charge in [-0.3, -0.25) is 0 Å². The number of rotatable bonds is 3. The van der Waals surface area contributed by atoms with Crippen LogP contribution >= 0.6 is 0 Å². The Morgan fingerprint density at radius 2 is 1.80 bits per heavy atom. The van der Waals surface area contributed by atoms with Gasteiger partial charge in [0.25, 0.3) is 0 Å². The van der Waals surface area contributed by atoms with Crippen molar-refractivity contribution in [3.05, 3.63) is 35.7 Å². The maximum absolute atomic E-state index is 6.20. The first-order valence-electron chi connectivity index (χ1n) is 6.75. The van der Waals surface area contributed by atoms with Crippen LogP contribution in [0.2, 0.25) is 0 Å². The first kappa shape index (κ1) is 14.6. The van der Waals surface area contributed by atoms with Crippen molar-refractivity contribution in [2.75, 3.05) is 12.8 Å². The molecule has 0 spiro atoms. The lowest BCUT2D eigenvalue weighted by Gasteiger charge is -2.17. The molecule has 4 heteroatoms. The van der Waals surface area contributed by atoms with E-state index in [4.69, 9.17) is 15.5 Å². The molecule has 0 aliphatic rings. The second-order valence-electron chi connectivity index (χ2n) is 6.11. The van der Waals surface area contributed by atoms with E-state index in [1.165, 1.54) is 0 Å². The number of aromatic nitrogens is 2. The number of anilines is 1. The van der Waals surface area contributed by atoms with Crippen LogP contribution in [-0.2, 0) is 23.8 Å². The fourth-order valence-corrected chi connectivity index (χ4v) is 2.32. The number of ether oxygens (including phenoxy) is 1. The molecule has 0 aliphatic heterocycles. The summed E-state index contributed by atoms with van der Waals surface area (Å²) >= 11 is 0. The summed E-state index contributed by atoms with van der Waals surface area (Å²) in [6.45, 7) is 7.03. The molecule has 0 bridgehead atoms. The zero-order chi connectivity index (χ0) is 14.9. The number of nitrogen functional groups attached to an aromatic ring is 1. The summed E-state index contributed by atoms with van der Waals surface area (Å²) in [5, 5.41) is 0. The molecule has 1 heterocycles. The first-order valence-corrected chi connectivity index (χ1v) is 6.75. The molecule has 0 radical (unpaired) electrons. The molecular weight excluding hydrogens is 250 g/mol. The zero-order valence-electron chi connectivity index (χ0n) is 12.9. The third-order valence-corrected chi connectivity index (χ3v) is 3.35. The molecule has 0 atom stereocenters. The number of hydrogen-bond acceptors (Lipinski definition) is 3. The van der Waals surface area contributed by atoms with Gasteiger partial charge in [-0.25, -0.2) is 4.98 Å². The second kappa shape index (κ2) is 5.29. The van der Waals surface area contributed by atoms with Crippen molar-refractivity contribution in [2.24, 2.45) is 7.05 Å². The van der Waals surface area contributed by atoms with Gasteiger partial charge in [0, 0.05) is 25.1 Å². The van der Waals surface area contributed by atoms with Gasteiger partial charge >= 0.3 is 0 Å². The van der Waals surface area contributed by atoms with Gasteiger partial charge < -0.3 is 15.0 Å². The minimum Gasteiger partial charge on any atom is -0.383 e. The van der Waals surface area contributed by atoms with E-state index in [0.29, 0.717) is 12.4 Å². The number of hydrogen-bond donors (Lipinski definition) is 1. The zero-order valence-corrected chi connectivity index (χ0v) is 12.9. The van der Waals surface area contributed by atoms with Crippen molar-refractivity contribution >= 4 is 5.82 Å². The number of benzene rings is 1. The van der Waals surface area contributed by atoms with E-state index in [1.54, 1.807) is 7.11 Å². The lowest BCUT2D eigenvalue weighted by atomic mass is 9.96. The van der Waals surface area contributed by atoms with Crippen molar-refractivity contribution in [1.29, 1.82) is 0 Å².